The fourth-order valence-corrected chi connectivity index (χ4v) is 4.92. The van der Waals surface area contributed by atoms with Crippen LogP contribution >= 0.6 is 0 Å². The molecular formula is C28H31F2N3O3S. The summed E-state index contributed by atoms with van der Waals surface area (Å²) >= 11 is 0. The number of imide groups is 1. The normalized spacial score (nSPS) is 16.2. The van der Waals surface area contributed by atoms with Gasteiger partial charge in [0.25, 0.3) is 5.91 Å². The van der Waals surface area contributed by atoms with Gasteiger partial charge in [-0.25, -0.2) is 8.78 Å². The summed E-state index contributed by atoms with van der Waals surface area (Å²) in [6, 6.07) is 9.43. The highest BCUT2D eigenvalue weighted by molar-refractivity contribution is 7.85. The first kappa shape index (κ1) is 28.1. The van der Waals surface area contributed by atoms with Gasteiger partial charge in [0, 0.05) is 51.0 Å². The molecule has 0 bridgehead atoms. The lowest BCUT2D eigenvalue weighted by Crippen LogP contribution is -2.32. The third-order valence-electron chi connectivity index (χ3n) is 6.08. The monoisotopic (exact) mass is 527 g/mol. The van der Waals surface area contributed by atoms with Gasteiger partial charge in [-0.05, 0) is 55.5 Å². The van der Waals surface area contributed by atoms with E-state index >= 15 is 0 Å². The van der Waals surface area contributed by atoms with Crippen molar-refractivity contribution in [3.05, 3.63) is 82.7 Å². The van der Waals surface area contributed by atoms with Gasteiger partial charge in [-0.3, -0.25) is 23.7 Å². The van der Waals surface area contributed by atoms with Gasteiger partial charge in [0.1, 0.15) is 11.6 Å². The molecule has 196 valence electrons. The van der Waals surface area contributed by atoms with Gasteiger partial charge in [0.05, 0.1) is 12.2 Å². The van der Waals surface area contributed by atoms with Gasteiger partial charge in [-0.1, -0.05) is 38.1 Å². The predicted octanol–water partition coefficient (Wildman–Crippen LogP) is 5.49. The fraction of sp³-hybridized carbons (Fsp3) is 0.321. The number of anilines is 1. The molecule has 0 saturated heterocycles. The van der Waals surface area contributed by atoms with Crippen molar-refractivity contribution in [2.24, 2.45) is 4.99 Å². The van der Waals surface area contributed by atoms with E-state index in [4.69, 9.17) is 0 Å². The number of aliphatic imine (C=N–C) groups is 1. The van der Waals surface area contributed by atoms with Gasteiger partial charge in [0.2, 0.25) is 6.41 Å². The van der Waals surface area contributed by atoms with E-state index < -0.39 is 28.3 Å². The Bertz CT molecular complexity index is 1260. The number of nitrogens with one attached hydrogen (secondary N) is 1. The minimum atomic E-state index is -0.997. The van der Waals surface area contributed by atoms with Crippen LogP contribution in [0.25, 0.3) is 5.57 Å². The van der Waals surface area contributed by atoms with Gasteiger partial charge in [-0.2, -0.15) is 0 Å². The summed E-state index contributed by atoms with van der Waals surface area (Å²) in [4.78, 5) is 30.5. The number of aryl methyl sites for hydroxylation is 1. The third-order valence-corrected chi connectivity index (χ3v) is 7.28. The molecule has 1 aliphatic rings. The topological polar surface area (TPSA) is 78.8 Å². The Morgan fingerprint density at radius 3 is 2.49 bits per heavy atom. The highest BCUT2D eigenvalue weighted by Crippen LogP contribution is 2.29. The minimum Gasteiger partial charge on any atom is -0.360 e. The summed E-state index contributed by atoms with van der Waals surface area (Å²) in [6.45, 7) is 5.53. The van der Waals surface area contributed by atoms with Crippen LogP contribution in [-0.2, 0) is 22.0 Å². The lowest BCUT2D eigenvalue weighted by atomic mass is 10.0. The van der Waals surface area contributed by atoms with Crippen molar-refractivity contribution >= 4 is 40.1 Å². The van der Waals surface area contributed by atoms with Crippen LogP contribution in [0.3, 0.4) is 0 Å². The largest absolute Gasteiger partial charge is 0.360 e. The molecule has 0 spiro atoms. The molecule has 1 aliphatic heterocycles. The van der Waals surface area contributed by atoms with Crippen LogP contribution in [0.2, 0.25) is 0 Å². The maximum absolute atomic E-state index is 14.9. The first-order valence-corrected chi connectivity index (χ1v) is 13.6. The lowest BCUT2D eigenvalue weighted by Gasteiger charge is -2.18. The molecule has 1 atom stereocenters. The molecule has 2 amide bonds. The van der Waals surface area contributed by atoms with E-state index in [1.165, 1.54) is 18.3 Å². The number of halogens is 2. The summed E-state index contributed by atoms with van der Waals surface area (Å²) in [5, 5.41) is 2.85. The fourth-order valence-electron chi connectivity index (χ4n) is 3.92. The molecule has 37 heavy (non-hydrogen) atoms. The van der Waals surface area contributed by atoms with E-state index in [-0.39, 0.29) is 23.5 Å². The predicted molar refractivity (Wildman–Crippen MR) is 145 cm³/mol. The Kier molecular flexibility index (Phi) is 10.0. The number of rotatable bonds is 10. The minimum absolute atomic E-state index is 0.112. The zero-order chi connectivity index (χ0) is 26.9. The Balaban J connectivity index is 1.87. The SMILES string of the molecule is CCC(C)=N/C(=C\Nc1cc(F)c(C2=CCS(=O)CC2)c(F)c1)CN(C=O)C(=O)c1ccccc1CC. The second-order valence-corrected chi connectivity index (χ2v) is 10.3. The maximum atomic E-state index is 14.9. The number of allylic oxidation sites excluding steroid dienone is 1. The molecule has 3 rings (SSSR count). The number of nitrogens with zero attached hydrogens (tertiary/aromatic N) is 2. The molecule has 1 heterocycles. The van der Waals surface area contributed by atoms with Crippen LogP contribution in [0, 0.1) is 11.6 Å². The van der Waals surface area contributed by atoms with Crippen LogP contribution < -0.4 is 5.32 Å². The molecule has 2 aromatic rings. The second kappa shape index (κ2) is 13.2. The quantitative estimate of drug-likeness (QED) is 0.328. The Morgan fingerprint density at radius 2 is 1.89 bits per heavy atom. The van der Waals surface area contributed by atoms with Crippen LogP contribution in [0.1, 0.15) is 55.1 Å². The van der Waals surface area contributed by atoms with Crippen molar-refractivity contribution in [3.63, 3.8) is 0 Å². The summed E-state index contributed by atoms with van der Waals surface area (Å²) in [7, 11) is -0.997. The second-order valence-electron chi connectivity index (χ2n) is 8.63. The van der Waals surface area contributed by atoms with Crippen molar-refractivity contribution in [1.82, 2.24) is 4.90 Å². The maximum Gasteiger partial charge on any atom is 0.260 e. The molecule has 6 nitrogen and oxygen atoms in total. The zero-order valence-corrected chi connectivity index (χ0v) is 22.0. The molecule has 9 heteroatoms. The zero-order valence-electron chi connectivity index (χ0n) is 21.2. The van der Waals surface area contributed by atoms with Gasteiger partial charge < -0.3 is 5.32 Å². The lowest BCUT2D eigenvalue weighted by molar-refractivity contribution is -0.115. The summed E-state index contributed by atoms with van der Waals surface area (Å²) in [6.07, 6.45) is 5.13. The van der Waals surface area contributed by atoms with Crippen LogP contribution in [0.15, 0.2) is 59.4 Å². The Labute approximate surface area is 218 Å². The van der Waals surface area contributed by atoms with Crippen molar-refractivity contribution in [2.45, 2.75) is 40.0 Å². The number of benzene rings is 2. The van der Waals surface area contributed by atoms with Crippen molar-refractivity contribution in [1.29, 1.82) is 0 Å². The molecule has 0 aromatic heterocycles. The highest BCUT2D eigenvalue weighted by Gasteiger charge is 2.20. The molecule has 2 aromatic carbocycles. The van der Waals surface area contributed by atoms with E-state index in [1.54, 1.807) is 18.2 Å². The number of amides is 2. The number of hydrogen-bond donors (Lipinski definition) is 1. The number of carbonyl (C=O) groups is 2. The van der Waals surface area contributed by atoms with Crippen LogP contribution in [-0.4, -0.2) is 45.2 Å². The molecule has 0 radical (unpaired) electrons. The molecule has 1 N–H and O–H groups in total. The van der Waals surface area contributed by atoms with Gasteiger partial charge in [-0.15, -0.1) is 0 Å². The first-order chi connectivity index (χ1) is 17.8. The number of hydrogen-bond acceptors (Lipinski definition) is 5. The van der Waals surface area contributed by atoms with E-state index in [9.17, 15) is 22.6 Å². The highest BCUT2D eigenvalue weighted by atomic mass is 32.2. The summed E-state index contributed by atoms with van der Waals surface area (Å²) in [5.74, 6) is -1.26. The van der Waals surface area contributed by atoms with Gasteiger partial charge >= 0.3 is 0 Å². The summed E-state index contributed by atoms with van der Waals surface area (Å²) < 4.78 is 41.3. The average Bonchev–Trinajstić information content (AvgIpc) is 2.90. The molecular weight excluding hydrogens is 496 g/mol. The summed E-state index contributed by atoms with van der Waals surface area (Å²) in [5.41, 5.74) is 2.90. The van der Waals surface area contributed by atoms with Crippen molar-refractivity contribution in [3.8, 4) is 0 Å². The number of carbonyl (C=O) groups excluding carboxylic acids is 2. The average molecular weight is 528 g/mol. The molecule has 0 aliphatic carbocycles. The smallest absolute Gasteiger partial charge is 0.260 e. The van der Waals surface area contributed by atoms with Crippen molar-refractivity contribution < 1.29 is 22.6 Å². The molecule has 0 saturated carbocycles. The molecule has 1 unspecified atom stereocenters. The molecule has 0 fully saturated rings. The standard InChI is InChI=1S/C28H31F2N3O3S/c1-4-19(3)32-23(17-33(18-34)28(35)24-9-7-6-8-20(24)5-2)16-31-22-14-25(29)27(26(30)15-22)21-10-12-37(36)13-11-21/h6-10,14-16,18,31H,4-5,11-13,17H2,1-3H3/b23-16-,32-19?. The van der Waals surface area contributed by atoms with E-state index in [2.05, 4.69) is 10.3 Å². The van der Waals surface area contributed by atoms with E-state index in [1.807, 2.05) is 32.9 Å². The van der Waals surface area contributed by atoms with E-state index in [0.717, 1.165) is 16.2 Å². The van der Waals surface area contributed by atoms with Gasteiger partial charge in [0.15, 0.2) is 0 Å². The van der Waals surface area contributed by atoms with Crippen molar-refractivity contribution in [2.75, 3.05) is 23.4 Å². The first-order valence-electron chi connectivity index (χ1n) is 12.1. The van der Waals surface area contributed by atoms with Crippen LogP contribution in [0.5, 0.6) is 0 Å². The Hall–Kier alpha value is -3.46. The third kappa shape index (κ3) is 7.29. The van der Waals surface area contributed by atoms with E-state index in [0.29, 0.717) is 48.3 Å². The van der Waals surface area contributed by atoms with Crippen LogP contribution in [0.4, 0.5) is 14.5 Å². The Morgan fingerprint density at radius 1 is 1.19 bits per heavy atom.